The molecule has 0 aromatic heterocycles. The summed E-state index contributed by atoms with van der Waals surface area (Å²) in [5.74, 6) is -2.06. The minimum absolute atomic E-state index is 0.0209. The minimum Gasteiger partial charge on any atom is -0.481 e. The number of carbonyl (C=O) groups is 2. The largest absolute Gasteiger partial charge is 0.481 e. The SMILES string of the molecule is CC(C)CCN1CC2CC3C4CC(F)C5=CC(=O)C=CC5(C)C4(F)C(O)CC3(C)C2(C(=O)O)C1. The number of carboxylic acid groups (broad SMARTS) is 1. The number of likely N-dealkylation sites (tertiary alicyclic amines) is 1. The summed E-state index contributed by atoms with van der Waals surface area (Å²) in [6.07, 6.45) is 2.35. The van der Waals surface area contributed by atoms with Gasteiger partial charge in [0.05, 0.1) is 11.5 Å². The number of alkyl halides is 2. The van der Waals surface area contributed by atoms with Gasteiger partial charge in [-0.3, -0.25) is 9.59 Å². The number of rotatable bonds is 4. The Morgan fingerprint density at radius 2 is 1.97 bits per heavy atom. The molecule has 5 aliphatic rings. The number of aliphatic carboxylic acids is 1. The van der Waals surface area contributed by atoms with Crippen LogP contribution in [0.25, 0.3) is 0 Å². The summed E-state index contributed by atoms with van der Waals surface area (Å²) in [7, 11) is 0. The lowest BCUT2D eigenvalue weighted by molar-refractivity contribution is -0.215. The highest BCUT2D eigenvalue weighted by Gasteiger charge is 2.78. The Morgan fingerprint density at radius 3 is 2.62 bits per heavy atom. The summed E-state index contributed by atoms with van der Waals surface area (Å²) in [6, 6.07) is 0. The van der Waals surface area contributed by atoms with Crippen LogP contribution in [0.1, 0.15) is 53.4 Å². The van der Waals surface area contributed by atoms with Crippen LogP contribution in [-0.4, -0.2) is 64.4 Å². The van der Waals surface area contributed by atoms with E-state index in [1.807, 2.05) is 6.92 Å². The van der Waals surface area contributed by atoms with Crippen LogP contribution in [0.3, 0.4) is 0 Å². The molecule has 188 valence electrons. The Hall–Kier alpha value is -1.60. The standard InChI is InChI=1S/C27H37F2NO4/c1-15(2)6-8-30-13-16-9-18-19-11-21(28)20-10-17(31)5-7-24(20,3)27(19,29)22(32)12-25(18,4)26(16,14-30)23(33)34/h5,7,10,15-16,18-19,21-22,32H,6,8-9,11-14H2,1-4H3,(H,33,34). The Morgan fingerprint density at radius 1 is 1.26 bits per heavy atom. The van der Waals surface area contributed by atoms with Gasteiger partial charge in [-0.05, 0) is 80.0 Å². The van der Waals surface area contributed by atoms with E-state index in [4.69, 9.17) is 0 Å². The zero-order chi connectivity index (χ0) is 24.8. The highest BCUT2D eigenvalue weighted by molar-refractivity contribution is 6.01. The molecule has 3 saturated carbocycles. The summed E-state index contributed by atoms with van der Waals surface area (Å²) >= 11 is 0. The van der Waals surface area contributed by atoms with Crippen molar-refractivity contribution in [2.75, 3.05) is 19.6 Å². The molecule has 9 unspecified atom stereocenters. The van der Waals surface area contributed by atoms with Gasteiger partial charge in [-0.1, -0.05) is 26.8 Å². The fraction of sp³-hybridized carbons (Fsp3) is 0.778. The first-order chi connectivity index (χ1) is 15.8. The highest BCUT2D eigenvalue weighted by atomic mass is 19.1. The lowest BCUT2D eigenvalue weighted by atomic mass is 9.43. The zero-order valence-electron chi connectivity index (χ0n) is 20.6. The number of halogens is 2. The maximum atomic E-state index is 17.3. The minimum atomic E-state index is -2.15. The monoisotopic (exact) mass is 477 g/mol. The summed E-state index contributed by atoms with van der Waals surface area (Å²) < 4.78 is 32.8. The van der Waals surface area contributed by atoms with Crippen molar-refractivity contribution in [3.63, 3.8) is 0 Å². The van der Waals surface area contributed by atoms with E-state index < -0.39 is 46.1 Å². The molecular formula is C27H37F2NO4. The van der Waals surface area contributed by atoms with Crippen molar-refractivity contribution >= 4 is 11.8 Å². The molecule has 0 amide bonds. The molecule has 0 bridgehead atoms. The van der Waals surface area contributed by atoms with Crippen molar-refractivity contribution in [3.8, 4) is 0 Å². The first-order valence-corrected chi connectivity index (χ1v) is 12.7. The molecule has 4 fully saturated rings. The second-order valence-electron chi connectivity index (χ2n) is 12.5. The number of nitrogens with zero attached hydrogens (tertiary/aromatic N) is 1. The van der Waals surface area contributed by atoms with E-state index >= 15 is 8.78 Å². The number of aliphatic hydroxyl groups is 1. The Balaban J connectivity index is 1.56. The molecule has 4 aliphatic carbocycles. The lowest BCUT2D eigenvalue weighted by Gasteiger charge is -2.63. The summed E-state index contributed by atoms with van der Waals surface area (Å²) in [6.45, 7) is 9.63. The van der Waals surface area contributed by atoms with Crippen LogP contribution in [0, 0.1) is 39.9 Å². The molecular weight excluding hydrogens is 440 g/mol. The maximum absolute atomic E-state index is 17.3. The first kappa shape index (κ1) is 24.1. The molecule has 2 N–H and O–H groups in total. The molecule has 1 saturated heterocycles. The average molecular weight is 478 g/mol. The van der Waals surface area contributed by atoms with Crippen LogP contribution in [-0.2, 0) is 9.59 Å². The quantitative estimate of drug-likeness (QED) is 0.641. The number of hydrogen-bond acceptors (Lipinski definition) is 4. The van der Waals surface area contributed by atoms with E-state index in [0.29, 0.717) is 25.4 Å². The Bertz CT molecular complexity index is 980. The van der Waals surface area contributed by atoms with Crippen molar-refractivity contribution in [2.24, 2.45) is 39.9 Å². The molecule has 0 spiro atoms. The zero-order valence-corrected chi connectivity index (χ0v) is 20.6. The van der Waals surface area contributed by atoms with E-state index in [1.54, 1.807) is 6.92 Å². The van der Waals surface area contributed by atoms with Crippen molar-refractivity contribution in [3.05, 3.63) is 23.8 Å². The highest BCUT2D eigenvalue weighted by Crippen LogP contribution is 2.74. The van der Waals surface area contributed by atoms with Gasteiger partial charge < -0.3 is 15.1 Å². The van der Waals surface area contributed by atoms with Crippen LogP contribution in [0.4, 0.5) is 8.78 Å². The fourth-order valence-electron chi connectivity index (χ4n) is 8.84. The molecule has 7 heteroatoms. The van der Waals surface area contributed by atoms with E-state index in [1.165, 1.54) is 18.2 Å². The van der Waals surface area contributed by atoms with Crippen LogP contribution >= 0.6 is 0 Å². The first-order valence-electron chi connectivity index (χ1n) is 12.7. The van der Waals surface area contributed by atoms with Crippen LogP contribution in [0.2, 0.25) is 0 Å². The van der Waals surface area contributed by atoms with Gasteiger partial charge in [0.1, 0.15) is 6.17 Å². The normalized spacial score (nSPS) is 49.9. The van der Waals surface area contributed by atoms with Crippen molar-refractivity contribution in [2.45, 2.75) is 71.3 Å². The molecule has 0 aromatic rings. The van der Waals surface area contributed by atoms with Crippen LogP contribution in [0.15, 0.2) is 23.8 Å². The number of aliphatic hydroxyl groups excluding tert-OH is 1. The fourth-order valence-corrected chi connectivity index (χ4v) is 8.84. The van der Waals surface area contributed by atoms with Crippen LogP contribution < -0.4 is 0 Å². The number of carboxylic acids is 1. The molecule has 9 atom stereocenters. The third kappa shape index (κ3) is 2.77. The van der Waals surface area contributed by atoms with Crippen molar-refractivity contribution in [1.29, 1.82) is 0 Å². The number of hydrogen-bond donors (Lipinski definition) is 2. The van der Waals surface area contributed by atoms with Gasteiger partial charge in [0.2, 0.25) is 0 Å². The molecule has 34 heavy (non-hydrogen) atoms. The smallest absolute Gasteiger partial charge is 0.311 e. The topological polar surface area (TPSA) is 77.8 Å². The van der Waals surface area contributed by atoms with Gasteiger partial charge in [-0.15, -0.1) is 0 Å². The summed E-state index contributed by atoms with van der Waals surface area (Å²) in [5, 5.41) is 22.0. The molecule has 1 aliphatic heterocycles. The predicted octanol–water partition coefficient (Wildman–Crippen LogP) is 3.96. The molecule has 0 aromatic carbocycles. The van der Waals surface area contributed by atoms with Gasteiger partial charge in [0, 0.05) is 24.4 Å². The predicted molar refractivity (Wildman–Crippen MR) is 123 cm³/mol. The molecule has 5 rings (SSSR count). The third-order valence-corrected chi connectivity index (χ3v) is 10.6. The number of fused-ring (bicyclic) bond motifs is 7. The molecule has 5 nitrogen and oxygen atoms in total. The van der Waals surface area contributed by atoms with Crippen molar-refractivity contribution in [1.82, 2.24) is 4.90 Å². The lowest BCUT2D eigenvalue weighted by Crippen LogP contribution is -2.69. The average Bonchev–Trinajstić information content (AvgIpc) is 3.24. The van der Waals surface area contributed by atoms with Gasteiger partial charge in [-0.25, -0.2) is 8.78 Å². The van der Waals surface area contributed by atoms with Crippen LogP contribution in [0.5, 0.6) is 0 Å². The van der Waals surface area contributed by atoms with Gasteiger partial charge in [0.15, 0.2) is 11.5 Å². The second kappa shape index (κ2) is 7.45. The van der Waals surface area contributed by atoms with Gasteiger partial charge in [-0.2, -0.15) is 0 Å². The Labute approximate surface area is 200 Å². The maximum Gasteiger partial charge on any atom is 0.311 e. The van der Waals surface area contributed by atoms with Gasteiger partial charge >= 0.3 is 5.97 Å². The van der Waals surface area contributed by atoms with E-state index in [9.17, 15) is 19.8 Å². The van der Waals surface area contributed by atoms with E-state index in [-0.39, 0.29) is 36.0 Å². The Kier molecular flexibility index (Phi) is 5.28. The van der Waals surface area contributed by atoms with E-state index in [0.717, 1.165) is 13.0 Å². The third-order valence-electron chi connectivity index (χ3n) is 10.6. The van der Waals surface area contributed by atoms with Crippen molar-refractivity contribution < 1.29 is 28.6 Å². The number of allylic oxidation sites excluding steroid dienone is 4. The van der Waals surface area contributed by atoms with Gasteiger partial charge in [0.25, 0.3) is 0 Å². The summed E-state index contributed by atoms with van der Waals surface area (Å²) in [5.41, 5.74) is -5.41. The summed E-state index contributed by atoms with van der Waals surface area (Å²) in [4.78, 5) is 27.2. The van der Waals surface area contributed by atoms with E-state index in [2.05, 4.69) is 18.7 Å². The molecule has 1 heterocycles. The number of ketones is 1. The molecule has 0 radical (unpaired) electrons. The number of carbonyl (C=O) groups excluding carboxylic acids is 1. The second-order valence-corrected chi connectivity index (χ2v) is 12.5.